The SMILES string of the molecule is COCCNC(=O)[C@@H](C)OC(=O)c1ccc(N2CCCC2=O)cc1. The first-order valence-electron chi connectivity index (χ1n) is 7.91. The Bertz CT molecular complexity index is 600. The largest absolute Gasteiger partial charge is 0.449 e. The second-order valence-corrected chi connectivity index (χ2v) is 5.53. The number of hydrogen-bond donors (Lipinski definition) is 1. The minimum Gasteiger partial charge on any atom is -0.449 e. The lowest BCUT2D eigenvalue weighted by Crippen LogP contribution is -2.37. The molecule has 7 nitrogen and oxygen atoms in total. The highest BCUT2D eigenvalue weighted by Gasteiger charge is 2.22. The molecule has 1 heterocycles. The average Bonchev–Trinajstić information content (AvgIpc) is 3.01. The molecule has 0 aliphatic carbocycles. The first-order valence-corrected chi connectivity index (χ1v) is 7.91. The molecule has 130 valence electrons. The number of methoxy groups -OCH3 is 1. The van der Waals surface area contributed by atoms with Crippen LogP contribution in [-0.2, 0) is 19.1 Å². The summed E-state index contributed by atoms with van der Waals surface area (Å²) in [5, 5.41) is 2.61. The van der Waals surface area contributed by atoms with Crippen molar-refractivity contribution in [3.63, 3.8) is 0 Å². The van der Waals surface area contributed by atoms with Crippen LogP contribution in [0.15, 0.2) is 24.3 Å². The van der Waals surface area contributed by atoms with Gasteiger partial charge in [0.1, 0.15) is 0 Å². The zero-order chi connectivity index (χ0) is 17.5. The van der Waals surface area contributed by atoms with Gasteiger partial charge in [-0.25, -0.2) is 4.79 Å². The average molecular weight is 334 g/mol. The molecule has 1 aromatic rings. The normalized spacial score (nSPS) is 15.2. The quantitative estimate of drug-likeness (QED) is 0.597. The first kappa shape index (κ1) is 17.9. The number of nitrogens with one attached hydrogen (secondary N) is 1. The van der Waals surface area contributed by atoms with Crippen LogP contribution in [0, 0.1) is 0 Å². The number of nitrogens with zero attached hydrogens (tertiary/aromatic N) is 1. The highest BCUT2D eigenvalue weighted by Crippen LogP contribution is 2.21. The number of carbonyl (C=O) groups excluding carboxylic acids is 3. The van der Waals surface area contributed by atoms with E-state index in [-0.39, 0.29) is 11.8 Å². The number of rotatable bonds is 7. The van der Waals surface area contributed by atoms with Gasteiger partial charge in [-0.3, -0.25) is 9.59 Å². The minimum atomic E-state index is -0.894. The second kappa shape index (κ2) is 8.44. The van der Waals surface area contributed by atoms with E-state index in [1.54, 1.807) is 29.2 Å². The van der Waals surface area contributed by atoms with Crippen LogP contribution in [0.3, 0.4) is 0 Å². The van der Waals surface area contributed by atoms with Gasteiger partial charge in [0.2, 0.25) is 5.91 Å². The van der Waals surface area contributed by atoms with Gasteiger partial charge in [-0.05, 0) is 37.6 Å². The van der Waals surface area contributed by atoms with E-state index in [1.807, 2.05) is 0 Å². The van der Waals surface area contributed by atoms with E-state index < -0.39 is 12.1 Å². The van der Waals surface area contributed by atoms with E-state index in [2.05, 4.69) is 5.32 Å². The lowest BCUT2D eigenvalue weighted by Gasteiger charge is -2.16. The van der Waals surface area contributed by atoms with Gasteiger partial charge in [-0.2, -0.15) is 0 Å². The minimum absolute atomic E-state index is 0.0895. The van der Waals surface area contributed by atoms with Crippen molar-refractivity contribution in [3.05, 3.63) is 29.8 Å². The highest BCUT2D eigenvalue weighted by atomic mass is 16.5. The maximum atomic E-state index is 12.1. The number of benzene rings is 1. The van der Waals surface area contributed by atoms with Crippen LogP contribution in [0.1, 0.15) is 30.1 Å². The van der Waals surface area contributed by atoms with Crippen LogP contribution in [0.5, 0.6) is 0 Å². The Balaban J connectivity index is 1.90. The maximum Gasteiger partial charge on any atom is 0.338 e. The zero-order valence-corrected chi connectivity index (χ0v) is 13.9. The fourth-order valence-corrected chi connectivity index (χ4v) is 2.40. The van der Waals surface area contributed by atoms with Crippen molar-refractivity contribution in [3.8, 4) is 0 Å². The number of anilines is 1. The fourth-order valence-electron chi connectivity index (χ4n) is 2.40. The molecular formula is C17H22N2O5. The molecule has 1 aliphatic heterocycles. The number of carbonyl (C=O) groups is 3. The molecule has 2 amide bonds. The van der Waals surface area contributed by atoms with E-state index >= 15 is 0 Å². The predicted octanol–water partition coefficient (Wildman–Crippen LogP) is 1.12. The summed E-state index contributed by atoms with van der Waals surface area (Å²) in [5.41, 5.74) is 1.10. The molecule has 0 unspecified atom stereocenters. The number of esters is 1. The van der Waals surface area contributed by atoms with Crippen molar-refractivity contribution >= 4 is 23.5 Å². The van der Waals surface area contributed by atoms with Crippen molar-refractivity contribution in [1.29, 1.82) is 0 Å². The van der Waals surface area contributed by atoms with Gasteiger partial charge in [0, 0.05) is 32.3 Å². The third-order valence-corrected chi connectivity index (χ3v) is 3.75. The van der Waals surface area contributed by atoms with Crippen LogP contribution in [0.2, 0.25) is 0 Å². The monoisotopic (exact) mass is 334 g/mol. The van der Waals surface area contributed by atoms with E-state index in [0.717, 1.165) is 12.1 Å². The molecule has 1 saturated heterocycles. The van der Waals surface area contributed by atoms with Crippen molar-refractivity contribution in [2.75, 3.05) is 31.7 Å². The summed E-state index contributed by atoms with van der Waals surface area (Å²) in [4.78, 5) is 37.2. The molecule has 24 heavy (non-hydrogen) atoms. The summed E-state index contributed by atoms with van der Waals surface area (Å²) >= 11 is 0. The molecule has 1 atom stereocenters. The predicted molar refractivity (Wildman–Crippen MR) is 87.8 cm³/mol. The molecule has 7 heteroatoms. The number of amides is 2. The van der Waals surface area contributed by atoms with Crippen LogP contribution in [0.4, 0.5) is 5.69 Å². The fraction of sp³-hybridized carbons (Fsp3) is 0.471. The molecule has 1 fully saturated rings. The molecule has 0 saturated carbocycles. The Morgan fingerprint density at radius 2 is 2.00 bits per heavy atom. The summed E-state index contributed by atoms with van der Waals surface area (Å²) < 4.78 is 9.98. The molecule has 2 rings (SSSR count). The lowest BCUT2D eigenvalue weighted by atomic mass is 10.2. The third kappa shape index (κ3) is 4.55. The summed E-state index contributed by atoms with van der Waals surface area (Å²) in [7, 11) is 1.54. The molecule has 1 N–H and O–H groups in total. The third-order valence-electron chi connectivity index (χ3n) is 3.75. The Hall–Kier alpha value is -2.41. The van der Waals surface area contributed by atoms with Crippen molar-refractivity contribution in [2.24, 2.45) is 0 Å². The van der Waals surface area contributed by atoms with E-state index in [4.69, 9.17) is 9.47 Å². The lowest BCUT2D eigenvalue weighted by molar-refractivity contribution is -0.129. The molecule has 0 spiro atoms. The van der Waals surface area contributed by atoms with Crippen molar-refractivity contribution < 1.29 is 23.9 Å². The Morgan fingerprint density at radius 3 is 2.58 bits per heavy atom. The molecule has 1 aromatic carbocycles. The van der Waals surface area contributed by atoms with E-state index in [1.165, 1.54) is 14.0 Å². The van der Waals surface area contributed by atoms with Crippen LogP contribution < -0.4 is 10.2 Å². The second-order valence-electron chi connectivity index (χ2n) is 5.53. The van der Waals surface area contributed by atoms with E-state index in [9.17, 15) is 14.4 Å². The molecule has 0 bridgehead atoms. The summed E-state index contributed by atoms with van der Waals surface area (Å²) in [6.07, 6.45) is 0.506. The number of hydrogen-bond acceptors (Lipinski definition) is 5. The highest BCUT2D eigenvalue weighted by molar-refractivity contribution is 5.96. The van der Waals surface area contributed by atoms with E-state index in [0.29, 0.717) is 31.7 Å². The number of ether oxygens (including phenoxy) is 2. The van der Waals surface area contributed by atoms with Crippen LogP contribution >= 0.6 is 0 Å². The van der Waals surface area contributed by atoms with Crippen molar-refractivity contribution in [1.82, 2.24) is 5.32 Å². The van der Waals surface area contributed by atoms with Gasteiger partial charge >= 0.3 is 5.97 Å². The van der Waals surface area contributed by atoms with Gasteiger partial charge < -0.3 is 19.7 Å². The molecular weight excluding hydrogens is 312 g/mol. The molecule has 0 aromatic heterocycles. The standard InChI is InChI=1S/C17H22N2O5/c1-12(16(21)18-9-11-23-2)24-17(22)13-5-7-14(8-6-13)19-10-3-4-15(19)20/h5-8,12H,3-4,9-11H2,1-2H3,(H,18,21)/t12-/m1/s1. The van der Waals surface area contributed by atoms with Crippen molar-refractivity contribution in [2.45, 2.75) is 25.9 Å². The molecule has 0 radical (unpaired) electrons. The first-order chi connectivity index (χ1) is 11.5. The summed E-state index contributed by atoms with van der Waals surface area (Å²) in [6, 6.07) is 6.61. The Kier molecular flexibility index (Phi) is 6.31. The smallest absolute Gasteiger partial charge is 0.338 e. The summed E-state index contributed by atoms with van der Waals surface area (Å²) in [5.74, 6) is -0.866. The van der Waals surface area contributed by atoms with Gasteiger partial charge in [0.15, 0.2) is 6.10 Å². The Morgan fingerprint density at radius 1 is 1.29 bits per heavy atom. The van der Waals surface area contributed by atoms with Gasteiger partial charge in [0.25, 0.3) is 5.91 Å². The maximum absolute atomic E-state index is 12.1. The van der Waals surface area contributed by atoms with Crippen LogP contribution in [-0.4, -0.2) is 50.7 Å². The van der Waals surface area contributed by atoms with Crippen LogP contribution in [0.25, 0.3) is 0 Å². The topological polar surface area (TPSA) is 84.9 Å². The summed E-state index contributed by atoms with van der Waals surface area (Å²) in [6.45, 7) is 2.96. The van der Waals surface area contributed by atoms with Gasteiger partial charge in [-0.15, -0.1) is 0 Å². The van der Waals surface area contributed by atoms with Gasteiger partial charge in [0.05, 0.1) is 12.2 Å². The van der Waals surface area contributed by atoms with Gasteiger partial charge in [-0.1, -0.05) is 0 Å². The Labute approximate surface area is 140 Å². The molecule has 1 aliphatic rings. The zero-order valence-electron chi connectivity index (χ0n) is 13.9.